The molecular weight excluding hydrogens is 705 g/mol. The number of carbonyl (C=O) groups excluding carboxylic acids is 3. The number of rotatable bonds is 10. The van der Waals surface area contributed by atoms with Gasteiger partial charge in [0.25, 0.3) is 11.8 Å². The number of hydrogen-bond acceptors (Lipinski definition) is 4. The Hall–Kier alpha value is -4.34. The summed E-state index contributed by atoms with van der Waals surface area (Å²) in [5, 5.41) is 8.75. The molecule has 0 aliphatic rings. The van der Waals surface area contributed by atoms with E-state index in [1.165, 1.54) is 17.8 Å². The Bertz CT molecular complexity index is 1890. The van der Waals surface area contributed by atoms with Crippen LogP contribution >= 0.6 is 50.9 Å². The molecule has 3 amide bonds. The Kier molecular flexibility index (Phi) is 11.3. The van der Waals surface area contributed by atoms with Crippen molar-refractivity contribution in [1.29, 1.82) is 0 Å². The summed E-state index contributed by atoms with van der Waals surface area (Å²) in [6.07, 6.45) is 1.49. The van der Waals surface area contributed by atoms with E-state index < -0.39 is 17.1 Å². The summed E-state index contributed by atoms with van der Waals surface area (Å²) >= 11 is 17.2. The highest BCUT2D eigenvalue weighted by atomic mass is 79.9. The Morgan fingerprint density at radius 1 is 0.717 bits per heavy atom. The van der Waals surface area contributed by atoms with E-state index in [0.717, 1.165) is 14.9 Å². The van der Waals surface area contributed by atoms with Crippen LogP contribution in [0.3, 0.4) is 0 Å². The van der Waals surface area contributed by atoms with Crippen LogP contribution in [0.1, 0.15) is 26.7 Å². The molecule has 0 heterocycles. The molecule has 0 aliphatic heterocycles. The van der Waals surface area contributed by atoms with E-state index in [9.17, 15) is 14.4 Å². The van der Waals surface area contributed by atoms with Gasteiger partial charge >= 0.3 is 0 Å². The number of halogens is 3. The molecule has 5 aromatic carbocycles. The maximum atomic E-state index is 13.6. The maximum Gasteiger partial charge on any atom is 0.272 e. The number of anilines is 2. The highest BCUT2D eigenvalue weighted by Crippen LogP contribution is 2.37. The second kappa shape index (κ2) is 15.8. The third-order valence-electron chi connectivity index (χ3n) is 6.59. The fraction of sp³-hybridized carbons (Fsp3) is 0.0278. The summed E-state index contributed by atoms with van der Waals surface area (Å²) in [6.45, 7) is 0. The van der Waals surface area contributed by atoms with Crippen molar-refractivity contribution in [3.8, 4) is 0 Å². The minimum atomic E-state index is -0.580. The number of amides is 3. The molecule has 6 nitrogen and oxygen atoms in total. The van der Waals surface area contributed by atoms with Crippen LogP contribution in [0.25, 0.3) is 6.08 Å². The molecule has 1 atom stereocenters. The van der Waals surface area contributed by atoms with E-state index in [2.05, 4.69) is 31.9 Å². The van der Waals surface area contributed by atoms with Crippen molar-refractivity contribution in [1.82, 2.24) is 5.32 Å². The average molecular weight is 731 g/mol. The first kappa shape index (κ1) is 33.0. The van der Waals surface area contributed by atoms with Crippen molar-refractivity contribution >= 4 is 86.1 Å². The Balaban J connectivity index is 1.38. The average Bonchev–Trinajstić information content (AvgIpc) is 3.06. The molecule has 0 fully saturated rings. The van der Waals surface area contributed by atoms with Crippen molar-refractivity contribution in [2.75, 3.05) is 10.6 Å². The highest BCUT2D eigenvalue weighted by Gasteiger charge is 2.23. The van der Waals surface area contributed by atoms with Gasteiger partial charge in [0.1, 0.15) is 10.9 Å². The molecule has 10 heteroatoms. The molecule has 0 aromatic heterocycles. The summed E-state index contributed by atoms with van der Waals surface area (Å²) in [4.78, 5) is 40.9. The Morgan fingerprint density at radius 3 is 2.11 bits per heavy atom. The van der Waals surface area contributed by atoms with Crippen LogP contribution in [0.15, 0.2) is 142 Å². The van der Waals surface area contributed by atoms with Crippen LogP contribution in [0.4, 0.5) is 11.4 Å². The highest BCUT2D eigenvalue weighted by molar-refractivity contribution is 9.10. The molecule has 0 spiro atoms. The lowest BCUT2D eigenvalue weighted by Gasteiger charge is -2.18. The third-order valence-corrected chi connectivity index (χ3v) is 8.93. The van der Waals surface area contributed by atoms with Gasteiger partial charge in [-0.2, -0.15) is 0 Å². The first-order chi connectivity index (χ1) is 22.2. The van der Waals surface area contributed by atoms with E-state index in [1.54, 1.807) is 66.7 Å². The predicted molar refractivity (Wildman–Crippen MR) is 191 cm³/mol. The fourth-order valence-electron chi connectivity index (χ4n) is 4.34. The lowest BCUT2D eigenvalue weighted by molar-refractivity contribution is -0.116. The molecule has 1 unspecified atom stereocenters. The van der Waals surface area contributed by atoms with E-state index in [0.29, 0.717) is 32.5 Å². The van der Waals surface area contributed by atoms with Gasteiger partial charge in [0.2, 0.25) is 5.91 Å². The van der Waals surface area contributed by atoms with Gasteiger partial charge in [-0.05, 0) is 83.9 Å². The first-order valence-corrected chi connectivity index (χ1v) is 16.4. The smallest absolute Gasteiger partial charge is 0.272 e. The van der Waals surface area contributed by atoms with Gasteiger partial charge in [-0.3, -0.25) is 14.4 Å². The quantitative estimate of drug-likeness (QED) is 0.0987. The molecule has 0 radical (unpaired) electrons. The summed E-state index contributed by atoms with van der Waals surface area (Å²) in [5.41, 5.74) is 2.83. The SMILES string of the molecule is O=C(Nc1cccc(SC(C(=O)Nc2ccc(Br)cc2)c2ccccc2)c1)/C(=C\c1ccc(Cl)cc1Cl)NC(=O)c1ccccc1. The van der Waals surface area contributed by atoms with Gasteiger partial charge in [-0.15, -0.1) is 11.8 Å². The summed E-state index contributed by atoms with van der Waals surface area (Å²) in [7, 11) is 0. The van der Waals surface area contributed by atoms with Crippen molar-refractivity contribution in [2.45, 2.75) is 10.1 Å². The molecule has 0 aliphatic carbocycles. The standard InChI is InChI=1S/C36H26BrCl2N3O3S/c37-26-15-18-28(19-16-26)40-36(45)33(23-8-3-1-4-9-23)46-30-13-7-12-29(22-30)41-35(44)32(20-25-14-17-27(38)21-31(25)39)42-34(43)24-10-5-2-6-11-24/h1-22,33H,(H,40,45)(H,41,44)(H,42,43)/b32-20+. The lowest BCUT2D eigenvalue weighted by Crippen LogP contribution is -2.30. The lowest BCUT2D eigenvalue weighted by atomic mass is 10.1. The molecule has 5 aromatic rings. The molecule has 0 saturated carbocycles. The molecule has 230 valence electrons. The van der Waals surface area contributed by atoms with Crippen molar-refractivity contribution < 1.29 is 14.4 Å². The molecule has 0 bridgehead atoms. The van der Waals surface area contributed by atoms with Crippen LogP contribution in [0.2, 0.25) is 10.0 Å². The first-order valence-electron chi connectivity index (χ1n) is 14.0. The van der Waals surface area contributed by atoms with E-state index in [1.807, 2.05) is 60.7 Å². The number of nitrogens with one attached hydrogen (secondary N) is 3. The maximum absolute atomic E-state index is 13.6. The number of carbonyl (C=O) groups is 3. The summed E-state index contributed by atoms with van der Waals surface area (Å²) < 4.78 is 0.909. The second-order valence-electron chi connectivity index (χ2n) is 9.93. The van der Waals surface area contributed by atoms with Crippen molar-refractivity contribution in [2.24, 2.45) is 0 Å². The minimum absolute atomic E-state index is 0.0211. The largest absolute Gasteiger partial charge is 0.325 e. The van der Waals surface area contributed by atoms with E-state index in [-0.39, 0.29) is 11.6 Å². The Morgan fingerprint density at radius 2 is 1.41 bits per heavy atom. The molecule has 0 saturated heterocycles. The van der Waals surface area contributed by atoms with Gasteiger partial charge in [0.15, 0.2) is 0 Å². The molecule has 46 heavy (non-hydrogen) atoms. The topological polar surface area (TPSA) is 87.3 Å². The number of thioether (sulfide) groups is 1. The monoisotopic (exact) mass is 729 g/mol. The number of hydrogen-bond donors (Lipinski definition) is 3. The summed E-state index contributed by atoms with van der Waals surface area (Å²) in [6, 6.07) is 37.4. The third kappa shape index (κ3) is 9.11. The van der Waals surface area contributed by atoms with Gasteiger partial charge in [-0.25, -0.2) is 0 Å². The van der Waals surface area contributed by atoms with Gasteiger partial charge in [0.05, 0.1) is 0 Å². The second-order valence-corrected chi connectivity index (χ2v) is 12.9. The molecular formula is C36H26BrCl2N3O3S. The molecule has 3 N–H and O–H groups in total. The van der Waals surface area contributed by atoms with Crippen LogP contribution in [0.5, 0.6) is 0 Å². The minimum Gasteiger partial charge on any atom is -0.325 e. The van der Waals surface area contributed by atoms with Crippen LogP contribution < -0.4 is 16.0 Å². The van der Waals surface area contributed by atoms with Gasteiger partial charge in [0, 0.05) is 36.4 Å². The zero-order valence-electron chi connectivity index (χ0n) is 24.0. The zero-order valence-corrected chi connectivity index (χ0v) is 28.0. The van der Waals surface area contributed by atoms with Crippen molar-refractivity contribution in [3.63, 3.8) is 0 Å². The summed E-state index contributed by atoms with van der Waals surface area (Å²) in [5.74, 6) is -1.22. The van der Waals surface area contributed by atoms with Crippen LogP contribution in [-0.2, 0) is 9.59 Å². The van der Waals surface area contributed by atoms with Gasteiger partial charge < -0.3 is 16.0 Å². The number of benzene rings is 5. The normalized spacial score (nSPS) is 11.8. The van der Waals surface area contributed by atoms with Crippen molar-refractivity contribution in [3.05, 3.63) is 164 Å². The van der Waals surface area contributed by atoms with Gasteiger partial charge in [-0.1, -0.05) is 99.8 Å². The van der Waals surface area contributed by atoms with Crippen LogP contribution in [0, 0.1) is 0 Å². The fourth-order valence-corrected chi connectivity index (χ4v) is 6.15. The zero-order chi connectivity index (χ0) is 32.5. The van der Waals surface area contributed by atoms with E-state index >= 15 is 0 Å². The molecule has 5 rings (SSSR count). The predicted octanol–water partition coefficient (Wildman–Crippen LogP) is 9.64. The Labute approximate surface area is 289 Å². The van der Waals surface area contributed by atoms with Crippen LogP contribution in [-0.4, -0.2) is 17.7 Å². The van der Waals surface area contributed by atoms with E-state index in [4.69, 9.17) is 23.2 Å².